The van der Waals surface area contributed by atoms with E-state index in [1.54, 1.807) is 18.2 Å². The summed E-state index contributed by atoms with van der Waals surface area (Å²) in [5.74, 6) is -0.476. The van der Waals surface area contributed by atoms with Crippen molar-refractivity contribution in [3.8, 4) is 0 Å². The van der Waals surface area contributed by atoms with E-state index in [2.05, 4.69) is 45.6 Å². The normalized spacial score (nSPS) is 19.4. The Morgan fingerprint density at radius 1 is 1.12 bits per heavy atom. The molecule has 2 aliphatic heterocycles. The molecule has 32 heavy (non-hydrogen) atoms. The average molecular weight is 455 g/mol. The monoisotopic (exact) mass is 454 g/mol. The molecule has 0 aliphatic carbocycles. The molecule has 0 spiro atoms. The smallest absolute Gasteiger partial charge is 0.338 e. The molecule has 1 fully saturated rings. The lowest BCUT2D eigenvalue weighted by Gasteiger charge is -2.38. The number of hydrogen-bond acceptors (Lipinski definition) is 5. The van der Waals surface area contributed by atoms with Gasteiger partial charge in [0.2, 0.25) is 0 Å². The Bertz CT molecular complexity index is 1050. The summed E-state index contributed by atoms with van der Waals surface area (Å²) >= 11 is 6.16. The molecule has 2 aromatic carbocycles. The van der Waals surface area contributed by atoms with Gasteiger partial charge in [0.05, 0.1) is 18.7 Å². The van der Waals surface area contributed by atoms with Crippen LogP contribution in [0.3, 0.4) is 0 Å². The molecule has 1 atom stereocenters. The summed E-state index contributed by atoms with van der Waals surface area (Å²) in [7, 11) is 1.35. The van der Waals surface area contributed by atoms with E-state index in [0.29, 0.717) is 22.8 Å². The molecule has 1 saturated heterocycles. The predicted molar refractivity (Wildman–Crippen MR) is 125 cm³/mol. The van der Waals surface area contributed by atoms with Crippen molar-refractivity contribution in [3.63, 3.8) is 0 Å². The van der Waals surface area contributed by atoms with E-state index in [-0.39, 0.29) is 6.03 Å². The summed E-state index contributed by atoms with van der Waals surface area (Å²) in [4.78, 5) is 29.8. The van der Waals surface area contributed by atoms with Crippen LogP contribution in [0.1, 0.15) is 17.2 Å². The Kier molecular flexibility index (Phi) is 6.67. The fourth-order valence-electron chi connectivity index (χ4n) is 4.32. The van der Waals surface area contributed by atoms with Crippen LogP contribution in [-0.4, -0.2) is 56.7 Å². The number of esters is 1. The average Bonchev–Trinajstić information content (AvgIpc) is 2.79. The number of urea groups is 1. The number of nitrogens with zero attached hydrogens (tertiary/aromatic N) is 2. The number of aryl methyl sites for hydroxylation is 1. The Hall–Kier alpha value is -3.03. The molecule has 2 aliphatic rings. The van der Waals surface area contributed by atoms with Gasteiger partial charge in [0.1, 0.15) is 0 Å². The van der Waals surface area contributed by atoms with Crippen LogP contribution in [0.4, 0.5) is 10.5 Å². The van der Waals surface area contributed by atoms with E-state index in [4.69, 9.17) is 16.3 Å². The number of ether oxygens (including phenoxy) is 1. The summed E-state index contributed by atoms with van der Waals surface area (Å²) < 4.78 is 5.07. The minimum Gasteiger partial charge on any atom is -0.466 e. The molecule has 8 heteroatoms. The number of hydrogen-bond donors (Lipinski definition) is 2. The summed E-state index contributed by atoms with van der Waals surface area (Å²) in [6, 6.07) is 14.5. The number of carbonyl (C=O) groups is 2. The Balaban J connectivity index is 1.55. The van der Waals surface area contributed by atoms with Gasteiger partial charge in [-0.05, 0) is 36.2 Å². The Labute approximate surface area is 193 Å². The number of benzene rings is 2. The third kappa shape index (κ3) is 4.74. The van der Waals surface area contributed by atoms with Gasteiger partial charge in [-0.2, -0.15) is 0 Å². The number of rotatable bonds is 5. The zero-order valence-corrected chi connectivity index (χ0v) is 19.0. The highest BCUT2D eigenvalue weighted by atomic mass is 35.5. The van der Waals surface area contributed by atoms with Crippen molar-refractivity contribution < 1.29 is 14.3 Å². The van der Waals surface area contributed by atoms with Crippen molar-refractivity contribution in [2.75, 3.05) is 44.7 Å². The van der Waals surface area contributed by atoms with E-state index in [0.717, 1.165) is 31.7 Å². The van der Waals surface area contributed by atoms with Crippen molar-refractivity contribution in [3.05, 3.63) is 76.0 Å². The van der Waals surface area contributed by atoms with Gasteiger partial charge in [0.25, 0.3) is 0 Å². The first-order chi connectivity index (χ1) is 15.5. The van der Waals surface area contributed by atoms with E-state index in [1.807, 2.05) is 12.1 Å². The van der Waals surface area contributed by atoms with Crippen LogP contribution in [0.5, 0.6) is 0 Å². The molecule has 7 nitrogen and oxygen atoms in total. The lowest BCUT2D eigenvalue weighted by molar-refractivity contribution is -0.136. The largest absolute Gasteiger partial charge is 0.466 e. The molecule has 0 radical (unpaired) electrons. The van der Waals surface area contributed by atoms with Crippen LogP contribution in [0.15, 0.2) is 59.8 Å². The maximum atomic E-state index is 12.7. The van der Waals surface area contributed by atoms with Crippen LogP contribution in [0.2, 0.25) is 5.02 Å². The molecule has 0 saturated carbocycles. The zero-order chi connectivity index (χ0) is 22.7. The number of halogens is 1. The predicted octanol–water partition coefficient (Wildman–Crippen LogP) is 3.25. The van der Waals surface area contributed by atoms with Gasteiger partial charge in [-0.25, -0.2) is 9.59 Å². The van der Waals surface area contributed by atoms with Crippen LogP contribution in [-0.2, 0) is 9.53 Å². The van der Waals surface area contributed by atoms with Crippen LogP contribution < -0.4 is 15.5 Å². The number of methoxy groups -OCH3 is 1. The fourth-order valence-corrected chi connectivity index (χ4v) is 4.52. The van der Waals surface area contributed by atoms with Crippen LogP contribution in [0.25, 0.3) is 0 Å². The van der Waals surface area contributed by atoms with Gasteiger partial charge in [-0.3, -0.25) is 4.90 Å². The van der Waals surface area contributed by atoms with Crippen molar-refractivity contribution in [1.29, 1.82) is 0 Å². The highest BCUT2D eigenvalue weighted by molar-refractivity contribution is 6.30. The number of carbonyl (C=O) groups excluding carboxylic acids is 2. The molecular weight excluding hydrogens is 428 g/mol. The first kappa shape index (κ1) is 22.2. The number of para-hydroxylation sites is 1. The fraction of sp³-hybridized carbons (Fsp3) is 0.333. The first-order valence-corrected chi connectivity index (χ1v) is 11.0. The molecule has 168 valence electrons. The van der Waals surface area contributed by atoms with E-state index < -0.39 is 12.0 Å². The second kappa shape index (κ2) is 9.63. The van der Waals surface area contributed by atoms with Gasteiger partial charge >= 0.3 is 12.0 Å². The molecular formula is C24H27ClN4O3. The zero-order valence-electron chi connectivity index (χ0n) is 18.2. The van der Waals surface area contributed by atoms with E-state index >= 15 is 0 Å². The number of nitrogens with one attached hydrogen (secondary N) is 2. The summed E-state index contributed by atoms with van der Waals surface area (Å²) in [5.41, 5.74) is 4.20. The van der Waals surface area contributed by atoms with E-state index in [1.165, 1.54) is 18.4 Å². The third-order valence-electron chi connectivity index (χ3n) is 5.95. The summed E-state index contributed by atoms with van der Waals surface area (Å²) in [6.07, 6.45) is 0. The summed E-state index contributed by atoms with van der Waals surface area (Å²) in [5, 5.41) is 6.20. The van der Waals surface area contributed by atoms with Crippen molar-refractivity contribution in [2.45, 2.75) is 13.0 Å². The van der Waals surface area contributed by atoms with Crippen molar-refractivity contribution in [2.24, 2.45) is 0 Å². The first-order valence-electron chi connectivity index (χ1n) is 10.6. The molecule has 2 aromatic rings. The van der Waals surface area contributed by atoms with Crippen LogP contribution in [0, 0.1) is 6.92 Å². The topological polar surface area (TPSA) is 73.9 Å². The molecule has 2 heterocycles. The van der Waals surface area contributed by atoms with E-state index in [9.17, 15) is 9.59 Å². The standard InChI is InChI=1S/C24H27ClN4O3/c1-16-6-3-4-9-20(16)29-12-10-28(11-13-29)15-19-21(23(30)32-2)22(27-24(31)26-19)17-7-5-8-18(25)14-17/h3-9,14,22H,10-13,15H2,1-2H3,(H2,26,27,31). The molecule has 0 aromatic heterocycles. The summed E-state index contributed by atoms with van der Waals surface area (Å²) in [6.45, 7) is 5.95. The van der Waals surface area contributed by atoms with Gasteiger partial charge in [0.15, 0.2) is 0 Å². The molecule has 1 unspecified atom stereocenters. The molecule has 4 rings (SSSR count). The molecule has 2 N–H and O–H groups in total. The quantitative estimate of drug-likeness (QED) is 0.678. The Morgan fingerprint density at radius 3 is 2.56 bits per heavy atom. The van der Waals surface area contributed by atoms with Crippen molar-refractivity contribution in [1.82, 2.24) is 15.5 Å². The lowest BCUT2D eigenvalue weighted by Crippen LogP contribution is -2.51. The second-order valence-corrected chi connectivity index (χ2v) is 8.46. The third-order valence-corrected chi connectivity index (χ3v) is 6.19. The number of amides is 2. The lowest BCUT2D eigenvalue weighted by atomic mass is 9.95. The highest BCUT2D eigenvalue weighted by Crippen LogP contribution is 2.30. The SMILES string of the molecule is COC(=O)C1=C(CN2CCN(c3ccccc3C)CC2)NC(=O)NC1c1cccc(Cl)c1. The van der Waals surface area contributed by atoms with Gasteiger partial charge in [-0.15, -0.1) is 0 Å². The highest BCUT2D eigenvalue weighted by Gasteiger charge is 2.34. The molecule has 2 amide bonds. The minimum absolute atomic E-state index is 0.351. The maximum Gasteiger partial charge on any atom is 0.338 e. The minimum atomic E-state index is -0.627. The van der Waals surface area contributed by atoms with Gasteiger partial charge in [-0.1, -0.05) is 41.9 Å². The van der Waals surface area contributed by atoms with Gasteiger partial charge < -0.3 is 20.3 Å². The Morgan fingerprint density at radius 2 is 1.88 bits per heavy atom. The van der Waals surface area contributed by atoms with Crippen molar-refractivity contribution >= 4 is 29.3 Å². The number of piperazine rings is 1. The maximum absolute atomic E-state index is 12.7. The van der Waals surface area contributed by atoms with Crippen LogP contribution >= 0.6 is 11.6 Å². The second-order valence-electron chi connectivity index (χ2n) is 8.02. The number of anilines is 1. The molecule has 0 bridgehead atoms. The van der Waals surface area contributed by atoms with Gasteiger partial charge in [0, 0.05) is 49.1 Å².